The molecule has 0 spiro atoms. The molecule has 19 heavy (non-hydrogen) atoms. The van der Waals surface area contributed by atoms with Crippen molar-refractivity contribution in [2.45, 2.75) is 37.9 Å². The van der Waals surface area contributed by atoms with Crippen LogP contribution in [0.3, 0.4) is 0 Å². The Labute approximate surface area is 114 Å². The molecule has 1 heterocycles. The van der Waals surface area contributed by atoms with Crippen molar-refractivity contribution in [1.29, 1.82) is 0 Å². The smallest absolute Gasteiger partial charge is 0.120 e. The topological polar surface area (TPSA) is 44.7 Å². The van der Waals surface area contributed by atoms with Gasteiger partial charge in [0.25, 0.3) is 0 Å². The summed E-state index contributed by atoms with van der Waals surface area (Å²) in [5, 5.41) is 13.4. The third kappa shape index (κ3) is 3.01. The van der Waals surface area contributed by atoms with Gasteiger partial charge in [0, 0.05) is 37.3 Å². The zero-order valence-corrected chi connectivity index (χ0v) is 11.4. The lowest BCUT2D eigenvalue weighted by atomic mass is 10.1. The summed E-state index contributed by atoms with van der Waals surface area (Å²) in [6.07, 6.45) is 3.97. The zero-order valence-electron chi connectivity index (χ0n) is 11.4. The average molecular weight is 262 g/mol. The molecule has 1 saturated carbocycles. The van der Waals surface area contributed by atoms with Crippen LogP contribution in [-0.2, 0) is 6.54 Å². The van der Waals surface area contributed by atoms with E-state index in [1.165, 1.54) is 25.8 Å². The lowest BCUT2D eigenvalue weighted by Gasteiger charge is -2.16. The average Bonchev–Trinajstić information content (AvgIpc) is 3.17. The first-order valence-electron chi connectivity index (χ1n) is 7.09. The summed E-state index contributed by atoms with van der Waals surface area (Å²) in [5.41, 5.74) is 0.907. The number of nitrogens with zero attached hydrogens (tertiary/aromatic N) is 1. The molecule has 1 atom stereocenters. The Hall–Kier alpha value is -1.26. The fraction of sp³-hybridized carbons (Fsp3) is 0.600. The van der Waals surface area contributed by atoms with Crippen molar-refractivity contribution in [3.8, 4) is 11.5 Å². The van der Waals surface area contributed by atoms with Crippen LogP contribution in [0, 0.1) is 0 Å². The van der Waals surface area contributed by atoms with Crippen molar-refractivity contribution in [1.82, 2.24) is 10.2 Å². The highest BCUT2D eigenvalue weighted by molar-refractivity contribution is 5.39. The number of rotatable bonds is 5. The van der Waals surface area contributed by atoms with Gasteiger partial charge in [-0.1, -0.05) is 0 Å². The van der Waals surface area contributed by atoms with Gasteiger partial charge < -0.3 is 15.2 Å². The summed E-state index contributed by atoms with van der Waals surface area (Å²) in [6, 6.07) is 6.78. The molecule has 1 aliphatic heterocycles. The molecule has 2 aliphatic rings. The van der Waals surface area contributed by atoms with Crippen LogP contribution in [0.15, 0.2) is 18.2 Å². The molecular formula is C15H22N2O2. The number of benzene rings is 1. The SMILES string of the molecule is COc1ccc(O)c(CNC2CCN(C3CC3)C2)c1. The number of nitrogens with one attached hydrogen (secondary N) is 1. The minimum absolute atomic E-state index is 0.338. The molecule has 104 valence electrons. The van der Waals surface area contributed by atoms with E-state index in [1.54, 1.807) is 19.2 Å². The normalized spacial score (nSPS) is 23.7. The van der Waals surface area contributed by atoms with E-state index in [4.69, 9.17) is 4.74 Å². The second-order valence-corrected chi connectivity index (χ2v) is 5.59. The summed E-state index contributed by atoms with van der Waals surface area (Å²) < 4.78 is 5.19. The Morgan fingerprint density at radius 2 is 2.21 bits per heavy atom. The number of phenols is 1. The van der Waals surface area contributed by atoms with Gasteiger partial charge in [-0.15, -0.1) is 0 Å². The molecule has 2 N–H and O–H groups in total. The quantitative estimate of drug-likeness (QED) is 0.848. The van der Waals surface area contributed by atoms with Crippen molar-refractivity contribution in [2.75, 3.05) is 20.2 Å². The Bertz CT molecular complexity index is 446. The van der Waals surface area contributed by atoms with Crippen LogP contribution in [0.5, 0.6) is 11.5 Å². The number of likely N-dealkylation sites (tertiary alicyclic amines) is 1. The Morgan fingerprint density at radius 1 is 1.37 bits per heavy atom. The minimum atomic E-state index is 0.338. The molecule has 1 aromatic rings. The minimum Gasteiger partial charge on any atom is -0.508 e. The molecular weight excluding hydrogens is 240 g/mol. The van der Waals surface area contributed by atoms with Gasteiger partial charge in [0.2, 0.25) is 0 Å². The van der Waals surface area contributed by atoms with E-state index in [0.29, 0.717) is 18.3 Å². The van der Waals surface area contributed by atoms with Crippen LogP contribution in [0.1, 0.15) is 24.8 Å². The monoisotopic (exact) mass is 262 g/mol. The summed E-state index contributed by atoms with van der Waals surface area (Å²) >= 11 is 0. The molecule has 0 aromatic heterocycles. The summed E-state index contributed by atoms with van der Waals surface area (Å²) in [6.45, 7) is 3.06. The lowest BCUT2D eigenvalue weighted by Crippen LogP contribution is -2.32. The molecule has 1 unspecified atom stereocenters. The highest BCUT2D eigenvalue weighted by Gasteiger charge is 2.34. The van der Waals surface area contributed by atoms with E-state index in [-0.39, 0.29) is 0 Å². The summed E-state index contributed by atoms with van der Waals surface area (Å²) in [5.74, 6) is 1.13. The number of aromatic hydroxyl groups is 1. The van der Waals surface area contributed by atoms with Gasteiger partial charge in [-0.3, -0.25) is 4.90 Å². The van der Waals surface area contributed by atoms with Gasteiger partial charge in [-0.25, -0.2) is 0 Å². The molecule has 0 bridgehead atoms. The van der Waals surface area contributed by atoms with E-state index in [9.17, 15) is 5.11 Å². The fourth-order valence-electron chi connectivity index (χ4n) is 2.81. The van der Waals surface area contributed by atoms with Crippen LogP contribution in [-0.4, -0.2) is 42.3 Å². The van der Waals surface area contributed by atoms with Crippen molar-refractivity contribution in [2.24, 2.45) is 0 Å². The van der Waals surface area contributed by atoms with Crippen molar-refractivity contribution in [3.63, 3.8) is 0 Å². The van der Waals surface area contributed by atoms with E-state index < -0.39 is 0 Å². The highest BCUT2D eigenvalue weighted by atomic mass is 16.5. The maximum absolute atomic E-state index is 9.85. The number of hydrogen-bond acceptors (Lipinski definition) is 4. The molecule has 2 fully saturated rings. The van der Waals surface area contributed by atoms with E-state index in [1.807, 2.05) is 6.07 Å². The van der Waals surface area contributed by atoms with Crippen molar-refractivity contribution in [3.05, 3.63) is 23.8 Å². The molecule has 3 rings (SSSR count). The zero-order chi connectivity index (χ0) is 13.2. The Kier molecular flexibility index (Phi) is 3.62. The predicted octanol–water partition coefficient (Wildman–Crippen LogP) is 1.73. The molecule has 1 aliphatic carbocycles. The first kappa shape index (κ1) is 12.8. The van der Waals surface area contributed by atoms with Crippen molar-refractivity contribution >= 4 is 0 Å². The summed E-state index contributed by atoms with van der Waals surface area (Å²) in [7, 11) is 1.65. The van der Waals surface area contributed by atoms with E-state index in [2.05, 4.69) is 10.2 Å². The third-order valence-electron chi connectivity index (χ3n) is 4.15. The van der Waals surface area contributed by atoms with Crippen LogP contribution >= 0.6 is 0 Å². The standard InChI is InChI=1S/C15H22N2O2/c1-19-14-4-5-15(18)11(8-14)9-16-12-6-7-17(10-12)13-2-3-13/h4-5,8,12-13,16,18H,2-3,6-7,9-10H2,1H3. The molecule has 1 aromatic carbocycles. The van der Waals surface area contributed by atoms with Gasteiger partial charge in [0.05, 0.1) is 7.11 Å². The number of phenolic OH excluding ortho intramolecular Hbond substituents is 1. The number of methoxy groups -OCH3 is 1. The predicted molar refractivity (Wildman–Crippen MR) is 74.5 cm³/mol. The van der Waals surface area contributed by atoms with Gasteiger partial charge in [0.1, 0.15) is 11.5 Å². The number of hydrogen-bond donors (Lipinski definition) is 2. The highest BCUT2D eigenvalue weighted by Crippen LogP contribution is 2.30. The van der Waals surface area contributed by atoms with Crippen LogP contribution in [0.4, 0.5) is 0 Å². The first-order valence-corrected chi connectivity index (χ1v) is 7.09. The first-order chi connectivity index (χ1) is 9.26. The van der Waals surface area contributed by atoms with Gasteiger partial charge >= 0.3 is 0 Å². The molecule has 0 radical (unpaired) electrons. The Balaban J connectivity index is 1.54. The van der Waals surface area contributed by atoms with Gasteiger partial charge in [-0.05, 0) is 37.5 Å². The molecule has 4 nitrogen and oxygen atoms in total. The third-order valence-corrected chi connectivity index (χ3v) is 4.15. The molecule has 0 amide bonds. The van der Waals surface area contributed by atoms with Crippen LogP contribution in [0.25, 0.3) is 0 Å². The summed E-state index contributed by atoms with van der Waals surface area (Å²) in [4.78, 5) is 2.59. The van der Waals surface area contributed by atoms with E-state index in [0.717, 1.165) is 23.9 Å². The van der Waals surface area contributed by atoms with Crippen LogP contribution in [0.2, 0.25) is 0 Å². The van der Waals surface area contributed by atoms with Gasteiger partial charge in [-0.2, -0.15) is 0 Å². The van der Waals surface area contributed by atoms with Crippen LogP contribution < -0.4 is 10.1 Å². The lowest BCUT2D eigenvalue weighted by molar-refractivity contribution is 0.317. The molecule has 4 heteroatoms. The maximum atomic E-state index is 9.85. The maximum Gasteiger partial charge on any atom is 0.120 e. The Morgan fingerprint density at radius 3 is 2.95 bits per heavy atom. The molecule has 1 saturated heterocycles. The van der Waals surface area contributed by atoms with E-state index >= 15 is 0 Å². The largest absolute Gasteiger partial charge is 0.508 e. The fourth-order valence-corrected chi connectivity index (χ4v) is 2.81. The van der Waals surface area contributed by atoms with Gasteiger partial charge in [0.15, 0.2) is 0 Å². The second-order valence-electron chi connectivity index (χ2n) is 5.59. The second kappa shape index (κ2) is 5.39. The van der Waals surface area contributed by atoms with Crippen molar-refractivity contribution < 1.29 is 9.84 Å². The number of ether oxygens (including phenoxy) is 1.